The molecule has 0 saturated carbocycles. The zero-order valence-corrected chi connectivity index (χ0v) is 14.7. The molecule has 1 amide bonds. The highest BCUT2D eigenvalue weighted by Crippen LogP contribution is 2.19. The number of carbonyl (C=O) groups excluding carboxylic acids is 1. The van der Waals surface area contributed by atoms with Crippen LogP contribution in [0.3, 0.4) is 0 Å². The van der Waals surface area contributed by atoms with Crippen LogP contribution in [0.2, 0.25) is 0 Å². The number of nitrogens with one attached hydrogen (secondary N) is 1. The number of hydrogen-bond acceptors (Lipinski definition) is 3. The highest BCUT2D eigenvalue weighted by atomic mass is 35.5. The Balaban J connectivity index is 0.00000220. The number of rotatable bonds is 5. The normalized spacial score (nSPS) is 15.5. The van der Waals surface area contributed by atoms with Gasteiger partial charge < -0.3 is 16.0 Å². The predicted molar refractivity (Wildman–Crippen MR) is 97.1 cm³/mol. The molecule has 0 atom stereocenters. The Labute approximate surface area is 145 Å². The molecule has 0 radical (unpaired) electrons. The van der Waals surface area contributed by atoms with Crippen LogP contribution in [0.4, 0.5) is 5.69 Å². The maximum Gasteiger partial charge on any atom is 0.251 e. The van der Waals surface area contributed by atoms with E-state index in [2.05, 4.69) is 17.1 Å². The Kier molecular flexibility index (Phi) is 10.2. The second kappa shape index (κ2) is 10.7. The van der Waals surface area contributed by atoms with Gasteiger partial charge in [0.1, 0.15) is 0 Å². The van der Waals surface area contributed by atoms with E-state index in [1.165, 1.54) is 25.9 Å². The van der Waals surface area contributed by atoms with Gasteiger partial charge >= 0.3 is 0 Å². The molecule has 1 aliphatic heterocycles. The van der Waals surface area contributed by atoms with Gasteiger partial charge in [0.2, 0.25) is 0 Å². The first-order valence-corrected chi connectivity index (χ1v) is 7.55. The minimum Gasteiger partial charge on any atom is -0.399 e. The molecule has 126 valence electrons. The summed E-state index contributed by atoms with van der Waals surface area (Å²) in [6.07, 6.45) is 3.58. The van der Waals surface area contributed by atoms with Gasteiger partial charge in [-0.15, -0.1) is 24.8 Å². The molecule has 1 saturated heterocycles. The minimum atomic E-state index is -0.0247. The van der Waals surface area contributed by atoms with Crippen LogP contribution in [0.1, 0.15) is 36.5 Å². The zero-order valence-electron chi connectivity index (χ0n) is 13.1. The molecule has 1 aliphatic rings. The molecule has 0 aromatic heterocycles. The minimum absolute atomic E-state index is 0. The first kappa shape index (κ1) is 21.0. The predicted octanol–water partition coefficient (Wildman–Crippen LogP) is 2.96. The summed E-state index contributed by atoms with van der Waals surface area (Å²) in [6.45, 7) is 6.52. The molecule has 1 fully saturated rings. The third kappa shape index (κ3) is 6.42. The van der Waals surface area contributed by atoms with Crippen LogP contribution in [-0.2, 0) is 0 Å². The van der Waals surface area contributed by atoms with Crippen LogP contribution in [-0.4, -0.2) is 37.0 Å². The van der Waals surface area contributed by atoms with Gasteiger partial charge in [0, 0.05) is 17.8 Å². The lowest BCUT2D eigenvalue weighted by Gasteiger charge is -2.31. The summed E-state index contributed by atoms with van der Waals surface area (Å²) in [5, 5.41) is 2.99. The molecular formula is C16H27Cl2N3O. The van der Waals surface area contributed by atoms with Crippen molar-refractivity contribution >= 4 is 36.4 Å². The number of carbonyl (C=O) groups is 1. The van der Waals surface area contributed by atoms with Crippen molar-refractivity contribution in [2.45, 2.75) is 26.2 Å². The number of nitrogen functional groups attached to an aromatic ring is 1. The Bertz CT molecular complexity index is 449. The van der Waals surface area contributed by atoms with E-state index in [1.807, 2.05) is 6.07 Å². The van der Waals surface area contributed by atoms with Gasteiger partial charge in [-0.25, -0.2) is 0 Å². The fraction of sp³-hybridized carbons (Fsp3) is 0.562. The Morgan fingerprint density at radius 1 is 1.32 bits per heavy atom. The topological polar surface area (TPSA) is 58.4 Å². The second-order valence-electron chi connectivity index (χ2n) is 5.55. The molecule has 1 heterocycles. The molecule has 1 aromatic rings. The van der Waals surface area contributed by atoms with E-state index in [9.17, 15) is 4.79 Å². The summed E-state index contributed by atoms with van der Waals surface area (Å²) < 4.78 is 0. The van der Waals surface area contributed by atoms with Crippen molar-refractivity contribution in [3.05, 3.63) is 29.8 Å². The third-order valence-corrected chi connectivity index (χ3v) is 4.14. The summed E-state index contributed by atoms with van der Waals surface area (Å²) in [5.41, 5.74) is 6.96. The summed E-state index contributed by atoms with van der Waals surface area (Å²) in [4.78, 5) is 14.4. The first-order valence-electron chi connectivity index (χ1n) is 7.55. The van der Waals surface area contributed by atoms with Gasteiger partial charge in [-0.05, 0) is 63.0 Å². The van der Waals surface area contributed by atoms with Gasteiger partial charge in [0.15, 0.2) is 0 Å². The van der Waals surface area contributed by atoms with Crippen LogP contribution in [0.15, 0.2) is 24.3 Å². The maximum absolute atomic E-state index is 12.0. The SMILES string of the molecule is CCN1CCC(CCNC(=O)c2cccc(N)c2)CC1.Cl.Cl. The standard InChI is InChI=1S/C16H25N3O.2ClH/c1-2-19-10-7-13(8-11-19)6-9-18-16(20)14-4-3-5-15(17)12-14;;/h3-5,12-13H,2,6-11,17H2,1H3,(H,18,20);2*1H. The van der Waals surface area contributed by atoms with E-state index < -0.39 is 0 Å². The van der Waals surface area contributed by atoms with Crippen molar-refractivity contribution in [2.24, 2.45) is 5.92 Å². The van der Waals surface area contributed by atoms with Crippen LogP contribution in [0, 0.1) is 5.92 Å². The van der Waals surface area contributed by atoms with Gasteiger partial charge in [0.05, 0.1) is 0 Å². The summed E-state index contributed by atoms with van der Waals surface area (Å²) in [6, 6.07) is 7.11. The average Bonchev–Trinajstić information content (AvgIpc) is 2.48. The van der Waals surface area contributed by atoms with E-state index in [0.29, 0.717) is 11.3 Å². The molecule has 2 rings (SSSR count). The third-order valence-electron chi connectivity index (χ3n) is 4.14. The molecule has 6 heteroatoms. The lowest BCUT2D eigenvalue weighted by atomic mass is 9.93. The molecule has 22 heavy (non-hydrogen) atoms. The second-order valence-corrected chi connectivity index (χ2v) is 5.55. The molecule has 0 unspecified atom stereocenters. The van der Waals surface area contributed by atoms with Crippen molar-refractivity contribution in [3.8, 4) is 0 Å². The number of piperidine rings is 1. The lowest BCUT2D eigenvalue weighted by molar-refractivity contribution is 0.0948. The quantitative estimate of drug-likeness (QED) is 0.805. The molecular weight excluding hydrogens is 321 g/mol. The van der Waals surface area contributed by atoms with Gasteiger partial charge in [0.25, 0.3) is 5.91 Å². The van der Waals surface area contributed by atoms with E-state index >= 15 is 0 Å². The number of halogens is 2. The van der Waals surface area contributed by atoms with E-state index in [-0.39, 0.29) is 30.7 Å². The summed E-state index contributed by atoms with van der Waals surface area (Å²) in [7, 11) is 0. The molecule has 4 nitrogen and oxygen atoms in total. The number of amides is 1. The monoisotopic (exact) mass is 347 g/mol. The smallest absolute Gasteiger partial charge is 0.251 e. The van der Waals surface area contributed by atoms with Gasteiger partial charge in [-0.1, -0.05) is 13.0 Å². The number of nitrogens with two attached hydrogens (primary N) is 1. The number of likely N-dealkylation sites (tertiary alicyclic amines) is 1. The fourth-order valence-electron chi connectivity index (χ4n) is 2.76. The van der Waals surface area contributed by atoms with Gasteiger partial charge in [-0.3, -0.25) is 4.79 Å². The van der Waals surface area contributed by atoms with Crippen LogP contribution in [0.25, 0.3) is 0 Å². The number of hydrogen-bond donors (Lipinski definition) is 2. The Morgan fingerprint density at radius 3 is 2.59 bits per heavy atom. The van der Waals surface area contributed by atoms with Crippen molar-refractivity contribution in [3.63, 3.8) is 0 Å². The summed E-state index contributed by atoms with van der Waals surface area (Å²) in [5.74, 6) is 0.724. The highest BCUT2D eigenvalue weighted by molar-refractivity contribution is 5.94. The van der Waals surface area contributed by atoms with E-state index in [4.69, 9.17) is 5.73 Å². The molecule has 0 aliphatic carbocycles. The molecule has 0 bridgehead atoms. The Hall–Kier alpha value is -0.970. The van der Waals surface area contributed by atoms with Crippen molar-refractivity contribution in [2.75, 3.05) is 31.9 Å². The van der Waals surface area contributed by atoms with Crippen molar-refractivity contribution in [1.82, 2.24) is 10.2 Å². The Morgan fingerprint density at radius 2 is 2.00 bits per heavy atom. The van der Waals surface area contributed by atoms with Crippen LogP contribution >= 0.6 is 24.8 Å². The number of benzene rings is 1. The molecule has 1 aromatic carbocycles. The average molecular weight is 348 g/mol. The zero-order chi connectivity index (χ0) is 14.4. The number of anilines is 1. The van der Waals surface area contributed by atoms with E-state index in [1.54, 1.807) is 18.2 Å². The van der Waals surface area contributed by atoms with Gasteiger partial charge in [-0.2, -0.15) is 0 Å². The van der Waals surface area contributed by atoms with Crippen molar-refractivity contribution in [1.29, 1.82) is 0 Å². The summed E-state index contributed by atoms with van der Waals surface area (Å²) >= 11 is 0. The highest BCUT2D eigenvalue weighted by Gasteiger charge is 2.17. The largest absolute Gasteiger partial charge is 0.399 e. The van der Waals surface area contributed by atoms with Crippen LogP contribution < -0.4 is 11.1 Å². The number of nitrogens with zero attached hydrogens (tertiary/aromatic N) is 1. The molecule has 0 spiro atoms. The maximum atomic E-state index is 12.0. The van der Waals surface area contributed by atoms with E-state index in [0.717, 1.165) is 25.4 Å². The first-order chi connectivity index (χ1) is 9.69. The van der Waals surface area contributed by atoms with Crippen LogP contribution in [0.5, 0.6) is 0 Å². The fourth-order valence-corrected chi connectivity index (χ4v) is 2.76. The van der Waals surface area contributed by atoms with Crippen molar-refractivity contribution < 1.29 is 4.79 Å². The lowest BCUT2D eigenvalue weighted by Crippen LogP contribution is -2.35. The molecule has 3 N–H and O–H groups in total.